The molecule has 0 radical (unpaired) electrons. The number of benzene rings is 1. The molecular weight excluding hydrogens is 369 g/mol. The van der Waals surface area contributed by atoms with Gasteiger partial charge < -0.3 is 21.7 Å². The van der Waals surface area contributed by atoms with Gasteiger partial charge in [0.1, 0.15) is 5.82 Å². The summed E-state index contributed by atoms with van der Waals surface area (Å²) < 4.78 is 39.2. The molecule has 0 saturated carbocycles. The van der Waals surface area contributed by atoms with Crippen LogP contribution in [0.2, 0.25) is 0 Å². The van der Waals surface area contributed by atoms with Crippen molar-refractivity contribution in [3.63, 3.8) is 0 Å². The molecule has 4 rings (SSSR count). The molecule has 1 aliphatic carbocycles. The number of nitrogens with two attached hydrogens (primary N) is 2. The van der Waals surface area contributed by atoms with Gasteiger partial charge in [-0.1, -0.05) is 0 Å². The molecule has 1 saturated heterocycles. The van der Waals surface area contributed by atoms with Crippen LogP contribution >= 0.6 is 0 Å². The Balaban J connectivity index is 1.68. The SMILES string of the molecule is Nc1cc(Nc2nc3c(c(N4CCC[C@@H](N)C4)n2)CCC3)cc(C(F)(F)F)c1. The third-order valence-corrected chi connectivity index (χ3v) is 5.21. The molecule has 0 spiro atoms. The van der Waals surface area contributed by atoms with Crippen molar-refractivity contribution in [2.24, 2.45) is 5.73 Å². The Kier molecular flexibility index (Phi) is 4.78. The molecule has 2 heterocycles. The number of rotatable bonds is 3. The minimum absolute atomic E-state index is 0.0284. The first-order valence-electron chi connectivity index (χ1n) is 9.45. The molecule has 0 bridgehead atoms. The molecule has 2 aromatic rings. The van der Waals surface area contributed by atoms with E-state index < -0.39 is 11.7 Å². The topological polar surface area (TPSA) is 93.1 Å². The van der Waals surface area contributed by atoms with Crippen LogP contribution in [0.1, 0.15) is 36.1 Å². The van der Waals surface area contributed by atoms with Gasteiger partial charge in [-0.05, 0) is 50.3 Å². The van der Waals surface area contributed by atoms with Gasteiger partial charge >= 0.3 is 6.18 Å². The van der Waals surface area contributed by atoms with Gasteiger partial charge in [-0.15, -0.1) is 0 Å². The van der Waals surface area contributed by atoms with E-state index in [0.29, 0.717) is 0 Å². The van der Waals surface area contributed by atoms with E-state index in [1.807, 2.05) is 0 Å². The molecule has 2 aliphatic rings. The van der Waals surface area contributed by atoms with Gasteiger partial charge in [-0.3, -0.25) is 0 Å². The second-order valence-electron chi connectivity index (χ2n) is 7.46. The lowest BCUT2D eigenvalue weighted by atomic mass is 10.1. The second-order valence-corrected chi connectivity index (χ2v) is 7.46. The molecule has 150 valence electrons. The Bertz CT molecular complexity index is 883. The number of hydrogen-bond acceptors (Lipinski definition) is 6. The normalized spacial score (nSPS) is 19.6. The number of hydrogen-bond donors (Lipinski definition) is 3. The van der Waals surface area contributed by atoms with Crippen molar-refractivity contribution in [1.29, 1.82) is 0 Å². The zero-order chi connectivity index (χ0) is 19.9. The molecule has 28 heavy (non-hydrogen) atoms. The Morgan fingerprint density at radius 3 is 2.68 bits per heavy atom. The highest BCUT2D eigenvalue weighted by molar-refractivity contribution is 5.64. The number of fused-ring (bicyclic) bond motifs is 1. The van der Waals surface area contributed by atoms with E-state index in [9.17, 15) is 13.2 Å². The first kappa shape index (κ1) is 18.8. The Hall–Kier alpha value is -2.55. The average Bonchev–Trinajstić information content (AvgIpc) is 3.08. The second kappa shape index (κ2) is 7.12. The fourth-order valence-electron chi connectivity index (χ4n) is 3.95. The van der Waals surface area contributed by atoms with E-state index >= 15 is 0 Å². The van der Waals surface area contributed by atoms with E-state index in [-0.39, 0.29) is 23.4 Å². The summed E-state index contributed by atoms with van der Waals surface area (Å²) in [6.07, 6.45) is 0.249. The van der Waals surface area contributed by atoms with Crippen LogP contribution in [0, 0.1) is 0 Å². The summed E-state index contributed by atoms with van der Waals surface area (Å²) in [5.41, 5.74) is 13.3. The maximum Gasteiger partial charge on any atom is 0.416 e. The lowest BCUT2D eigenvalue weighted by Gasteiger charge is -2.33. The lowest BCUT2D eigenvalue weighted by Crippen LogP contribution is -2.43. The molecule has 1 aliphatic heterocycles. The van der Waals surface area contributed by atoms with Crippen molar-refractivity contribution in [3.8, 4) is 0 Å². The number of halogens is 3. The molecule has 0 unspecified atom stereocenters. The zero-order valence-corrected chi connectivity index (χ0v) is 15.4. The van der Waals surface area contributed by atoms with Crippen LogP contribution < -0.4 is 21.7 Å². The highest BCUT2D eigenvalue weighted by Crippen LogP contribution is 2.35. The van der Waals surface area contributed by atoms with E-state index in [2.05, 4.69) is 20.2 Å². The predicted molar refractivity (Wildman–Crippen MR) is 103 cm³/mol. The summed E-state index contributed by atoms with van der Waals surface area (Å²) >= 11 is 0. The van der Waals surface area contributed by atoms with Crippen LogP contribution in [0.25, 0.3) is 0 Å². The third kappa shape index (κ3) is 3.84. The molecule has 1 fully saturated rings. The van der Waals surface area contributed by atoms with Gasteiger partial charge in [0.15, 0.2) is 0 Å². The van der Waals surface area contributed by atoms with E-state index in [4.69, 9.17) is 11.5 Å². The number of aromatic nitrogens is 2. The number of nitrogens with zero attached hydrogens (tertiary/aromatic N) is 3. The molecule has 5 N–H and O–H groups in total. The summed E-state index contributed by atoms with van der Waals surface area (Å²) in [6, 6.07) is 3.47. The third-order valence-electron chi connectivity index (χ3n) is 5.21. The first-order valence-corrected chi connectivity index (χ1v) is 9.45. The molecule has 1 aromatic heterocycles. The van der Waals surface area contributed by atoms with Crippen LogP contribution in [0.3, 0.4) is 0 Å². The van der Waals surface area contributed by atoms with Crippen LogP contribution in [0.15, 0.2) is 18.2 Å². The van der Waals surface area contributed by atoms with E-state index in [0.717, 1.165) is 74.4 Å². The van der Waals surface area contributed by atoms with Crippen molar-refractivity contribution in [3.05, 3.63) is 35.0 Å². The fraction of sp³-hybridized carbons (Fsp3) is 0.474. The van der Waals surface area contributed by atoms with Crippen molar-refractivity contribution in [1.82, 2.24) is 9.97 Å². The summed E-state index contributed by atoms with van der Waals surface area (Å²) in [6.45, 7) is 1.59. The predicted octanol–water partition coefficient (Wildman–Crippen LogP) is 3.24. The maximum atomic E-state index is 13.1. The van der Waals surface area contributed by atoms with Gasteiger partial charge in [-0.2, -0.15) is 18.2 Å². The van der Waals surface area contributed by atoms with Crippen molar-refractivity contribution >= 4 is 23.1 Å². The standard InChI is InChI=1S/C19H23F3N6/c20-19(21,22)11-7-13(24)9-14(8-11)25-18-26-16-5-1-4-15(16)17(27-18)28-6-2-3-12(23)10-28/h7-9,12H,1-6,10,23-24H2,(H,25,26,27)/t12-/m1/s1. The summed E-state index contributed by atoms with van der Waals surface area (Å²) in [7, 11) is 0. The average molecular weight is 392 g/mol. The Labute approximate surface area is 161 Å². The minimum Gasteiger partial charge on any atom is -0.399 e. The smallest absolute Gasteiger partial charge is 0.399 e. The number of alkyl halides is 3. The van der Waals surface area contributed by atoms with E-state index in [1.54, 1.807) is 0 Å². The maximum absolute atomic E-state index is 13.1. The number of nitrogens with one attached hydrogen (secondary N) is 1. The van der Waals surface area contributed by atoms with Gasteiger partial charge in [0, 0.05) is 36.1 Å². The molecule has 9 heteroatoms. The summed E-state index contributed by atoms with van der Waals surface area (Å²) in [4.78, 5) is 11.4. The number of piperidine rings is 1. The first-order chi connectivity index (χ1) is 13.3. The van der Waals surface area contributed by atoms with Gasteiger partial charge in [0.25, 0.3) is 0 Å². The van der Waals surface area contributed by atoms with Crippen LogP contribution in [-0.2, 0) is 19.0 Å². The molecule has 0 amide bonds. The monoisotopic (exact) mass is 392 g/mol. The zero-order valence-electron chi connectivity index (χ0n) is 15.4. The van der Waals surface area contributed by atoms with Crippen LogP contribution in [0.4, 0.5) is 36.3 Å². The summed E-state index contributed by atoms with van der Waals surface area (Å²) in [5, 5.41) is 2.92. The van der Waals surface area contributed by atoms with Crippen molar-refractivity contribution in [2.75, 3.05) is 29.0 Å². The molecule has 6 nitrogen and oxygen atoms in total. The van der Waals surface area contributed by atoms with Gasteiger partial charge in [0.2, 0.25) is 5.95 Å². The number of aryl methyl sites for hydroxylation is 1. The van der Waals surface area contributed by atoms with Gasteiger partial charge in [-0.25, -0.2) is 4.98 Å². The highest BCUT2D eigenvalue weighted by atomic mass is 19.4. The largest absolute Gasteiger partial charge is 0.416 e. The van der Waals surface area contributed by atoms with Crippen LogP contribution in [-0.4, -0.2) is 29.1 Å². The summed E-state index contributed by atoms with van der Waals surface area (Å²) in [5.74, 6) is 1.13. The Morgan fingerprint density at radius 2 is 1.93 bits per heavy atom. The fourth-order valence-corrected chi connectivity index (χ4v) is 3.95. The van der Waals surface area contributed by atoms with Crippen molar-refractivity contribution < 1.29 is 13.2 Å². The quantitative estimate of drug-likeness (QED) is 0.695. The molecular formula is C19H23F3N6. The van der Waals surface area contributed by atoms with Crippen LogP contribution in [0.5, 0.6) is 0 Å². The molecule has 1 atom stereocenters. The Morgan fingerprint density at radius 1 is 1.11 bits per heavy atom. The molecule has 1 aromatic carbocycles. The van der Waals surface area contributed by atoms with Gasteiger partial charge in [0.05, 0.1) is 11.3 Å². The number of anilines is 4. The van der Waals surface area contributed by atoms with Crippen molar-refractivity contribution in [2.45, 2.75) is 44.3 Å². The highest BCUT2D eigenvalue weighted by Gasteiger charge is 2.31. The minimum atomic E-state index is -4.47. The van der Waals surface area contributed by atoms with E-state index in [1.165, 1.54) is 6.07 Å². The lowest BCUT2D eigenvalue weighted by molar-refractivity contribution is -0.137. The number of nitrogen functional groups attached to an aromatic ring is 1.